The van der Waals surface area contributed by atoms with Crippen molar-refractivity contribution in [2.24, 2.45) is 0 Å². The summed E-state index contributed by atoms with van der Waals surface area (Å²) in [5, 5.41) is 8.62. The minimum absolute atomic E-state index is 0.0873. The van der Waals surface area contributed by atoms with E-state index in [9.17, 15) is 4.79 Å². The Bertz CT molecular complexity index is 341. The molecule has 12 heavy (non-hydrogen) atoms. The van der Waals surface area contributed by atoms with Crippen LogP contribution in [0.15, 0.2) is 15.0 Å². The number of anilines is 1. The number of carbonyl (C=O) groups is 1. The molecular formula is C6H4Br2N2O2. The summed E-state index contributed by atoms with van der Waals surface area (Å²) in [6.45, 7) is 0. The van der Waals surface area contributed by atoms with Gasteiger partial charge in [0.05, 0.1) is 8.95 Å². The molecule has 0 aliphatic carbocycles. The van der Waals surface area contributed by atoms with Crippen molar-refractivity contribution in [3.63, 3.8) is 0 Å². The molecule has 0 saturated carbocycles. The zero-order valence-corrected chi connectivity index (χ0v) is 8.89. The molecule has 0 aliphatic heterocycles. The molecule has 64 valence electrons. The number of carboxylic acid groups (broad SMARTS) is 1. The van der Waals surface area contributed by atoms with Crippen molar-refractivity contribution in [3.8, 4) is 0 Å². The van der Waals surface area contributed by atoms with Crippen LogP contribution in [0.2, 0.25) is 0 Å². The summed E-state index contributed by atoms with van der Waals surface area (Å²) in [5.41, 5.74) is 5.30. The first-order chi connectivity index (χ1) is 5.52. The van der Waals surface area contributed by atoms with Gasteiger partial charge in [-0.05, 0) is 37.9 Å². The van der Waals surface area contributed by atoms with Gasteiger partial charge in [0.2, 0.25) is 0 Å². The molecule has 6 heteroatoms. The van der Waals surface area contributed by atoms with Gasteiger partial charge in [0.15, 0.2) is 5.69 Å². The minimum atomic E-state index is -1.11. The molecular weight excluding hydrogens is 292 g/mol. The number of hydrogen-bond donors (Lipinski definition) is 2. The van der Waals surface area contributed by atoms with Gasteiger partial charge in [-0.15, -0.1) is 0 Å². The molecule has 1 aromatic rings. The molecule has 0 atom stereocenters. The van der Waals surface area contributed by atoms with Crippen molar-refractivity contribution >= 4 is 43.6 Å². The first-order valence-corrected chi connectivity index (χ1v) is 4.45. The quantitative estimate of drug-likeness (QED) is 0.829. The molecule has 0 bridgehead atoms. The van der Waals surface area contributed by atoms with E-state index >= 15 is 0 Å². The first-order valence-electron chi connectivity index (χ1n) is 2.87. The third-order valence-electron chi connectivity index (χ3n) is 1.16. The predicted molar refractivity (Wildman–Crippen MR) is 51.0 cm³/mol. The third-order valence-corrected chi connectivity index (χ3v) is 2.40. The second-order valence-electron chi connectivity index (χ2n) is 1.99. The van der Waals surface area contributed by atoms with E-state index in [0.717, 1.165) is 0 Å². The summed E-state index contributed by atoms with van der Waals surface area (Å²) in [7, 11) is 0. The van der Waals surface area contributed by atoms with Crippen molar-refractivity contribution in [1.29, 1.82) is 0 Å². The highest BCUT2D eigenvalue weighted by Crippen LogP contribution is 2.24. The average molecular weight is 296 g/mol. The number of nitrogen functional groups attached to an aromatic ring is 1. The number of halogens is 2. The number of pyridine rings is 1. The van der Waals surface area contributed by atoms with Crippen LogP contribution < -0.4 is 5.73 Å². The zero-order valence-electron chi connectivity index (χ0n) is 5.71. The van der Waals surface area contributed by atoms with Crippen LogP contribution in [0.5, 0.6) is 0 Å². The largest absolute Gasteiger partial charge is 0.476 e. The van der Waals surface area contributed by atoms with Crippen LogP contribution in [0.4, 0.5) is 5.82 Å². The third kappa shape index (κ3) is 1.75. The number of aromatic carboxylic acids is 1. The topological polar surface area (TPSA) is 76.2 Å². The summed E-state index contributed by atoms with van der Waals surface area (Å²) in [6, 6.07) is 1.55. The van der Waals surface area contributed by atoms with Crippen LogP contribution in [0.1, 0.15) is 10.5 Å². The first kappa shape index (κ1) is 9.47. The number of carboxylic acids is 1. The monoisotopic (exact) mass is 294 g/mol. The lowest BCUT2D eigenvalue weighted by Gasteiger charge is -2.01. The Hall–Kier alpha value is -0.620. The van der Waals surface area contributed by atoms with E-state index in [4.69, 9.17) is 10.8 Å². The van der Waals surface area contributed by atoms with E-state index in [0.29, 0.717) is 8.95 Å². The molecule has 1 rings (SSSR count). The molecule has 0 saturated heterocycles. The summed E-state index contributed by atoms with van der Waals surface area (Å²) in [5.74, 6) is -0.948. The molecule has 4 nitrogen and oxygen atoms in total. The van der Waals surface area contributed by atoms with Gasteiger partial charge in [0, 0.05) is 0 Å². The van der Waals surface area contributed by atoms with Crippen LogP contribution in [0.3, 0.4) is 0 Å². The average Bonchev–Trinajstić information content (AvgIpc) is 1.96. The lowest BCUT2D eigenvalue weighted by molar-refractivity contribution is 0.0689. The molecule has 0 aliphatic rings. The van der Waals surface area contributed by atoms with E-state index in [2.05, 4.69) is 36.8 Å². The standard InChI is InChI=1S/C6H4Br2N2O2/c7-2-1-3(8)5(9)10-4(2)6(11)12/h1H,(H2,9,10)(H,11,12). The van der Waals surface area contributed by atoms with E-state index in [1.165, 1.54) is 0 Å². The Kier molecular flexibility index (Phi) is 2.69. The second-order valence-corrected chi connectivity index (χ2v) is 3.70. The van der Waals surface area contributed by atoms with Gasteiger partial charge < -0.3 is 10.8 Å². The maximum absolute atomic E-state index is 10.5. The molecule has 0 amide bonds. The van der Waals surface area contributed by atoms with Gasteiger partial charge in [0.25, 0.3) is 0 Å². The number of nitrogens with zero attached hydrogens (tertiary/aromatic N) is 1. The maximum atomic E-state index is 10.5. The summed E-state index contributed by atoms with van der Waals surface area (Å²) < 4.78 is 0.968. The molecule has 0 unspecified atom stereocenters. The zero-order chi connectivity index (χ0) is 9.30. The van der Waals surface area contributed by atoms with Crippen LogP contribution in [-0.2, 0) is 0 Å². The Balaban J connectivity index is 3.33. The van der Waals surface area contributed by atoms with Crippen molar-refractivity contribution in [3.05, 3.63) is 20.7 Å². The van der Waals surface area contributed by atoms with Gasteiger partial charge in [-0.3, -0.25) is 0 Å². The number of rotatable bonds is 1. The smallest absolute Gasteiger partial charge is 0.355 e. The molecule has 3 N–H and O–H groups in total. The summed E-state index contributed by atoms with van der Waals surface area (Å²) >= 11 is 6.17. The fraction of sp³-hybridized carbons (Fsp3) is 0. The molecule has 0 aromatic carbocycles. The highest BCUT2D eigenvalue weighted by Gasteiger charge is 2.12. The van der Waals surface area contributed by atoms with Crippen LogP contribution in [0.25, 0.3) is 0 Å². The van der Waals surface area contributed by atoms with Gasteiger partial charge in [-0.2, -0.15) is 0 Å². The Labute approximate surface area is 85.0 Å². The van der Waals surface area contributed by atoms with Gasteiger partial charge in [-0.1, -0.05) is 0 Å². The Morgan fingerprint density at radius 1 is 1.50 bits per heavy atom. The maximum Gasteiger partial charge on any atom is 0.355 e. The SMILES string of the molecule is Nc1nc(C(=O)O)c(Br)cc1Br. The van der Waals surface area contributed by atoms with Gasteiger partial charge in [-0.25, -0.2) is 9.78 Å². The summed E-state index contributed by atoms with van der Waals surface area (Å²) in [4.78, 5) is 14.2. The normalized spacial score (nSPS) is 9.83. The fourth-order valence-corrected chi connectivity index (χ4v) is 1.74. The van der Waals surface area contributed by atoms with Crippen molar-refractivity contribution in [2.45, 2.75) is 0 Å². The lowest BCUT2D eigenvalue weighted by atomic mass is 10.3. The van der Waals surface area contributed by atoms with E-state index in [1.807, 2.05) is 0 Å². The van der Waals surface area contributed by atoms with Crippen LogP contribution in [0, 0.1) is 0 Å². The Morgan fingerprint density at radius 3 is 2.58 bits per heavy atom. The van der Waals surface area contributed by atoms with E-state index in [-0.39, 0.29) is 11.5 Å². The molecule has 0 radical (unpaired) electrons. The van der Waals surface area contributed by atoms with E-state index in [1.54, 1.807) is 6.07 Å². The number of nitrogens with two attached hydrogens (primary N) is 1. The second kappa shape index (κ2) is 3.40. The van der Waals surface area contributed by atoms with Crippen LogP contribution in [-0.4, -0.2) is 16.1 Å². The fourth-order valence-electron chi connectivity index (χ4n) is 0.631. The van der Waals surface area contributed by atoms with Crippen molar-refractivity contribution in [2.75, 3.05) is 5.73 Å². The van der Waals surface area contributed by atoms with E-state index < -0.39 is 5.97 Å². The molecule has 1 heterocycles. The summed E-state index contributed by atoms with van der Waals surface area (Å²) in [6.07, 6.45) is 0. The van der Waals surface area contributed by atoms with Crippen molar-refractivity contribution < 1.29 is 9.90 Å². The van der Waals surface area contributed by atoms with Gasteiger partial charge in [0.1, 0.15) is 5.82 Å². The predicted octanol–water partition coefficient (Wildman–Crippen LogP) is 1.89. The van der Waals surface area contributed by atoms with Gasteiger partial charge >= 0.3 is 5.97 Å². The molecule has 0 fully saturated rings. The Morgan fingerprint density at radius 2 is 2.08 bits per heavy atom. The highest BCUT2D eigenvalue weighted by molar-refractivity contribution is 9.11. The minimum Gasteiger partial charge on any atom is -0.476 e. The van der Waals surface area contributed by atoms with Crippen LogP contribution >= 0.6 is 31.9 Å². The lowest BCUT2D eigenvalue weighted by Crippen LogP contribution is -2.04. The molecule has 0 spiro atoms. The number of aromatic nitrogens is 1. The van der Waals surface area contributed by atoms with Crippen molar-refractivity contribution in [1.82, 2.24) is 4.98 Å². The molecule has 1 aromatic heterocycles. The highest BCUT2D eigenvalue weighted by atomic mass is 79.9. The number of hydrogen-bond acceptors (Lipinski definition) is 3.